The van der Waals surface area contributed by atoms with Gasteiger partial charge in [-0.25, -0.2) is 15.0 Å². The van der Waals surface area contributed by atoms with Gasteiger partial charge in [0, 0.05) is 36.9 Å². The van der Waals surface area contributed by atoms with Crippen molar-refractivity contribution < 1.29 is 0 Å². The third kappa shape index (κ3) is 3.51. The van der Waals surface area contributed by atoms with E-state index >= 15 is 0 Å². The molecule has 0 saturated heterocycles. The summed E-state index contributed by atoms with van der Waals surface area (Å²) in [6.07, 6.45) is 8.47. The quantitative estimate of drug-likeness (QED) is 0.746. The zero-order chi connectivity index (χ0) is 15.2. The molecule has 0 aliphatic carbocycles. The Hall–Kier alpha value is -3.09. The van der Waals surface area contributed by atoms with Gasteiger partial charge in [0.05, 0.1) is 0 Å². The minimum atomic E-state index is 0.484. The van der Waals surface area contributed by atoms with E-state index in [0.29, 0.717) is 18.3 Å². The zero-order valence-corrected chi connectivity index (χ0v) is 12.1. The standard InChI is InChI=1S/C15H15N7/c1-11-7-19-15(21-13-4-6-17-10-20-13)22-14(11)18-9-12-3-2-5-16-8-12/h2-8,10H,9H2,1H3,(H2,17,18,19,20,21,22). The van der Waals surface area contributed by atoms with Crippen LogP contribution in [-0.4, -0.2) is 24.9 Å². The number of aryl methyl sites for hydroxylation is 1. The van der Waals surface area contributed by atoms with Gasteiger partial charge in [-0.1, -0.05) is 6.07 Å². The molecule has 0 radical (unpaired) electrons. The number of rotatable bonds is 5. The van der Waals surface area contributed by atoms with E-state index in [-0.39, 0.29) is 0 Å². The molecule has 3 aromatic rings. The van der Waals surface area contributed by atoms with E-state index in [1.54, 1.807) is 24.7 Å². The predicted octanol–water partition coefficient (Wildman–Crippen LogP) is 2.33. The summed E-state index contributed by atoms with van der Waals surface area (Å²) in [6.45, 7) is 2.61. The summed E-state index contributed by atoms with van der Waals surface area (Å²) in [5, 5.41) is 6.34. The molecule has 7 nitrogen and oxygen atoms in total. The largest absolute Gasteiger partial charge is 0.366 e. The minimum absolute atomic E-state index is 0.484. The first-order chi connectivity index (χ1) is 10.8. The molecular weight excluding hydrogens is 278 g/mol. The Morgan fingerprint density at radius 3 is 2.77 bits per heavy atom. The second-order valence-corrected chi connectivity index (χ2v) is 4.66. The van der Waals surface area contributed by atoms with Crippen LogP contribution in [0, 0.1) is 6.92 Å². The summed E-state index contributed by atoms with van der Waals surface area (Å²) in [4.78, 5) is 20.8. The molecule has 110 valence electrons. The Morgan fingerprint density at radius 2 is 2.00 bits per heavy atom. The van der Waals surface area contributed by atoms with Crippen LogP contribution in [0.5, 0.6) is 0 Å². The maximum absolute atomic E-state index is 4.47. The van der Waals surface area contributed by atoms with Gasteiger partial charge >= 0.3 is 0 Å². The Morgan fingerprint density at radius 1 is 1.05 bits per heavy atom. The molecule has 0 spiro atoms. The van der Waals surface area contributed by atoms with E-state index in [4.69, 9.17) is 0 Å². The van der Waals surface area contributed by atoms with Crippen LogP contribution in [0.2, 0.25) is 0 Å². The molecule has 0 aromatic carbocycles. The third-order valence-corrected chi connectivity index (χ3v) is 2.98. The highest BCUT2D eigenvalue weighted by Gasteiger charge is 2.05. The average molecular weight is 293 g/mol. The maximum Gasteiger partial charge on any atom is 0.230 e. The Bertz CT molecular complexity index is 731. The molecule has 0 aliphatic rings. The molecule has 0 unspecified atom stereocenters. The molecule has 0 fully saturated rings. The SMILES string of the molecule is Cc1cnc(Nc2ccncn2)nc1NCc1cccnc1. The van der Waals surface area contributed by atoms with E-state index in [9.17, 15) is 0 Å². The van der Waals surface area contributed by atoms with Crippen molar-refractivity contribution in [2.75, 3.05) is 10.6 Å². The lowest BCUT2D eigenvalue weighted by atomic mass is 10.3. The zero-order valence-electron chi connectivity index (χ0n) is 12.1. The van der Waals surface area contributed by atoms with Crippen LogP contribution < -0.4 is 10.6 Å². The summed E-state index contributed by atoms with van der Waals surface area (Å²) >= 11 is 0. The highest BCUT2D eigenvalue weighted by molar-refractivity contribution is 5.52. The van der Waals surface area contributed by atoms with Gasteiger partial charge in [-0.15, -0.1) is 0 Å². The lowest BCUT2D eigenvalue weighted by Gasteiger charge is -2.10. The fourth-order valence-corrected chi connectivity index (χ4v) is 1.85. The topological polar surface area (TPSA) is 88.5 Å². The molecule has 3 heterocycles. The first-order valence-corrected chi connectivity index (χ1v) is 6.81. The molecule has 2 N–H and O–H groups in total. The summed E-state index contributed by atoms with van der Waals surface area (Å²) in [5.74, 6) is 1.91. The van der Waals surface area contributed by atoms with Crippen molar-refractivity contribution in [2.24, 2.45) is 0 Å². The fraction of sp³-hybridized carbons (Fsp3) is 0.133. The molecule has 0 saturated carbocycles. The maximum atomic E-state index is 4.47. The Labute approximate surface area is 127 Å². The van der Waals surface area contributed by atoms with Crippen molar-refractivity contribution in [1.29, 1.82) is 0 Å². The number of nitrogens with one attached hydrogen (secondary N) is 2. The van der Waals surface area contributed by atoms with Crippen LogP contribution in [0.25, 0.3) is 0 Å². The second kappa shape index (κ2) is 6.57. The Kier molecular flexibility index (Phi) is 4.15. The molecule has 3 aromatic heterocycles. The van der Waals surface area contributed by atoms with Gasteiger partial charge in [0.2, 0.25) is 5.95 Å². The number of pyridine rings is 1. The smallest absolute Gasteiger partial charge is 0.230 e. The number of hydrogen-bond acceptors (Lipinski definition) is 7. The lowest BCUT2D eigenvalue weighted by molar-refractivity contribution is 1.05. The van der Waals surface area contributed by atoms with E-state index < -0.39 is 0 Å². The van der Waals surface area contributed by atoms with Crippen molar-refractivity contribution in [1.82, 2.24) is 24.9 Å². The summed E-state index contributed by atoms with van der Waals surface area (Å²) in [7, 11) is 0. The average Bonchev–Trinajstić information content (AvgIpc) is 2.57. The van der Waals surface area contributed by atoms with Crippen molar-refractivity contribution in [3.63, 3.8) is 0 Å². The number of anilines is 3. The molecule has 7 heteroatoms. The monoisotopic (exact) mass is 293 g/mol. The summed E-state index contributed by atoms with van der Waals surface area (Å²) in [5.41, 5.74) is 2.06. The number of hydrogen-bond donors (Lipinski definition) is 2. The van der Waals surface area contributed by atoms with E-state index in [0.717, 1.165) is 16.9 Å². The summed E-state index contributed by atoms with van der Waals surface area (Å²) in [6, 6.07) is 5.68. The highest BCUT2D eigenvalue weighted by atomic mass is 15.2. The van der Waals surface area contributed by atoms with Gasteiger partial charge in [-0.2, -0.15) is 4.98 Å². The number of nitrogens with zero attached hydrogens (tertiary/aromatic N) is 5. The molecule has 0 amide bonds. The fourth-order valence-electron chi connectivity index (χ4n) is 1.85. The van der Waals surface area contributed by atoms with Crippen LogP contribution in [0.15, 0.2) is 49.3 Å². The van der Waals surface area contributed by atoms with Crippen molar-refractivity contribution in [3.05, 3.63) is 60.4 Å². The van der Waals surface area contributed by atoms with Gasteiger partial charge in [-0.3, -0.25) is 4.98 Å². The van der Waals surface area contributed by atoms with Crippen LogP contribution in [0.1, 0.15) is 11.1 Å². The van der Waals surface area contributed by atoms with Crippen molar-refractivity contribution in [2.45, 2.75) is 13.5 Å². The number of aromatic nitrogens is 5. The first kappa shape index (κ1) is 13.9. The third-order valence-electron chi connectivity index (χ3n) is 2.98. The minimum Gasteiger partial charge on any atom is -0.366 e. The molecule has 22 heavy (non-hydrogen) atoms. The molecule has 0 atom stereocenters. The molecule has 0 bridgehead atoms. The van der Waals surface area contributed by atoms with Gasteiger partial charge in [0.25, 0.3) is 0 Å². The van der Waals surface area contributed by atoms with Crippen molar-refractivity contribution >= 4 is 17.6 Å². The van der Waals surface area contributed by atoms with Crippen molar-refractivity contribution in [3.8, 4) is 0 Å². The van der Waals surface area contributed by atoms with E-state index in [1.807, 2.05) is 25.3 Å². The predicted molar refractivity (Wildman–Crippen MR) is 83.6 cm³/mol. The van der Waals surface area contributed by atoms with E-state index in [2.05, 4.69) is 35.6 Å². The first-order valence-electron chi connectivity index (χ1n) is 6.81. The van der Waals surface area contributed by atoms with Gasteiger partial charge in [-0.05, 0) is 24.6 Å². The van der Waals surface area contributed by atoms with Gasteiger partial charge < -0.3 is 10.6 Å². The van der Waals surface area contributed by atoms with Crippen LogP contribution in [-0.2, 0) is 6.54 Å². The van der Waals surface area contributed by atoms with Gasteiger partial charge in [0.15, 0.2) is 0 Å². The lowest BCUT2D eigenvalue weighted by Crippen LogP contribution is -2.07. The van der Waals surface area contributed by atoms with Gasteiger partial charge in [0.1, 0.15) is 18.0 Å². The second-order valence-electron chi connectivity index (χ2n) is 4.66. The normalized spacial score (nSPS) is 10.2. The molecule has 3 rings (SSSR count). The van der Waals surface area contributed by atoms with Crippen LogP contribution in [0.4, 0.5) is 17.6 Å². The van der Waals surface area contributed by atoms with Crippen LogP contribution >= 0.6 is 0 Å². The molecular formula is C15H15N7. The summed E-state index contributed by atoms with van der Waals surface area (Å²) < 4.78 is 0. The highest BCUT2D eigenvalue weighted by Crippen LogP contribution is 2.16. The molecule has 0 aliphatic heterocycles. The van der Waals surface area contributed by atoms with Crippen LogP contribution in [0.3, 0.4) is 0 Å². The van der Waals surface area contributed by atoms with E-state index in [1.165, 1.54) is 6.33 Å². The Balaban J connectivity index is 1.72.